The second-order valence-electron chi connectivity index (χ2n) is 10.1. The Labute approximate surface area is 237 Å². The van der Waals surface area contributed by atoms with Gasteiger partial charge in [-0.25, -0.2) is 0 Å². The van der Waals surface area contributed by atoms with Gasteiger partial charge in [-0.3, -0.25) is 0 Å². The highest BCUT2D eigenvalue weighted by Crippen LogP contribution is 2.26. The molecule has 1 N–H and O–H groups in total. The summed E-state index contributed by atoms with van der Waals surface area (Å²) in [7, 11) is -5.06. The van der Waals surface area contributed by atoms with E-state index in [1.54, 1.807) is 11.8 Å². The fourth-order valence-corrected chi connectivity index (χ4v) is 11.0. The maximum Gasteiger partial charge on any atom is 0.501 e. The number of thioether (sulfide) groups is 1. The summed E-state index contributed by atoms with van der Waals surface area (Å²) in [6, 6.07) is 1.69. The van der Waals surface area contributed by atoms with Gasteiger partial charge in [-0.15, -0.1) is 0 Å². The Morgan fingerprint density at radius 1 is 1.14 bits per heavy atom. The van der Waals surface area contributed by atoms with Crippen LogP contribution in [0.1, 0.15) is 47.5 Å². The van der Waals surface area contributed by atoms with Gasteiger partial charge in [0.25, 0.3) is 0 Å². The third-order valence-electron chi connectivity index (χ3n) is 6.08. The van der Waals surface area contributed by atoms with E-state index in [-0.39, 0.29) is 18.4 Å². The van der Waals surface area contributed by atoms with Gasteiger partial charge in [0.15, 0.2) is 0 Å². The summed E-state index contributed by atoms with van der Waals surface area (Å²) in [4.78, 5) is 2.21. The average Bonchev–Trinajstić information content (AvgIpc) is 2.88. The van der Waals surface area contributed by atoms with Crippen LogP contribution in [0.2, 0.25) is 18.6 Å². The summed E-state index contributed by atoms with van der Waals surface area (Å²) >= 11 is 11.7. The molecule has 7 nitrogen and oxygen atoms in total. The molecule has 1 rings (SSSR count). The monoisotopic (exact) mass is 601 g/mol. The normalized spacial score (nSPS) is 23.7. The molecule has 0 aromatic heterocycles. The highest BCUT2D eigenvalue weighted by molar-refractivity contribution is 8.22. The average molecular weight is 602 g/mol. The van der Waals surface area contributed by atoms with Crippen LogP contribution in [0.3, 0.4) is 0 Å². The first kappa shape index (κ1) is 34.8. The van der Waals surface area contributed by atoms with Crippen LogP contribution in [0.15, 0.2) is 0 Å². The number of aliphatic hydroxyl groups excluding tert-OH is 1. The number of aliphatic hydroxyl groups is 1. The van der Waals surface area contributed by atoms with Crippen molar-refractivity contribution in [1.29, 1.82) is 0 Å². The molecule has 214 valence electrons. The highest BCUT2D eigenvalue weighted by Gasteiger charge is 2.44. The minimum Gasteiger partial charge on any atom is -0.396 e. The van der Waals surface area contributed by atoms with Gasteiger partial charge in [0, 0.05) is 82.3 Å². The molecule has 0 aromatic rings. The molecule has 0 saturated carbocycles. The van der Waals surface area contributed by atoms with Crippen LogP contribution < -0.4 is 0 Å². The quantitative estimate of drug-likeness (QED) is 0.0915. The van der Waals surface area contributed by atoms with Crippen LogP contribution in [0.5, 0.6) is 0 Å². The molecular weight excluding hydrogens is 551 g/mol. The summed E-state index contributed by atoms with van der Waals surface area (Å²) in [6.07, 6.45) is 1.90. The van der Waals surface area contributed by atoms with Gasteiger partial charge >= 0.3 is 17.4 Å². The third-order valence-corrected chi connectivity index (χ3v) is 13.6. The minimum absolute atomic E-state index is 0.0893. The van der Waals surface area contributed by atoms with E-state index in [4.69, 9.17) is 34.3 Å². The van der Waals surface area contributed by atoms with Gasteiger partial charge in [0.2, 0.25) is 0 Å². The van der Waals surface area contributed by atoms with Crippen molar-refractivity contribution in [2.24, 2.45) is 17.8 Å². The summed E-state index contributed by atoms with van der Waals surface area (Å²) in [5.74, 6) is 2.42. The molecule has 0 amide bonds. The SMILES string of the molecule is CCN(CC)C(=S)SCCC[Si](C)(OCC(C)CO)OCC(C)CO[Si]1(CCCS)OCC(C)CO1. The molecule has 1 fully saturated rings. The third kappa shape index (κ3) is 13.7. The van der Waals surface area contributed by atoms with Crippen molar-refractivity contribution in [3.8, 4) is 0 Å². The van der Waals surface area contributed by atoms with E-state index in [2.05, 4.69) is 51.8 Å². The van der Waals surface area contributed by atoms with Crippen molar-refractivity contribution >= 4 is 58.3 Å². The Morgan fingerprint density at radius 2 is 1.75 bits per heavy atom. The molecule has 1 heterocycles. The number of rotatable bonds is 19. The van der Waals surface area contributed by atoms with E-state index in [1.165, 1.54) is 0 Å². The minimum atomic E-state index is -2.64. The number of thiocarbonyl (C=S) groups is 1. The molecule has 0 aromatic carbocycles. The van der Waals surface area contributed by atoms with Crippen LogP contribution in [0.25, 0.3) is 0 Å². The van der Waals surface area contributed by atoms with Crippen LogP contribution in [0, 0.1) is 17.8 Å². The van der Waals surface area contributed by atoms with Crippen molar-refractivity contribution in [1.82, 2.24) is 4.90 Å². The van der Waals surface area contributed by atoms with E-state index >= 15 is 0 Å². The largest absolute Gasteiger partial charge is 0.501 e. The molecule has 0 spiro atoms. The van der Waals surface area contributed by atoms with Crippen molar-refractivity contribution in [3.05, 3.63) is 0 Å². The zero-order chi connectivity index (χ0) is 27.0. The predicted molar refractivity (Wildman–Crippen MR) is 162 cm³/mol. The fraction of sp³-hybridized carbons (Fsp3) is 0.958. The Balaban J connectivity index is 2.60. The second-order valence-corrected chi connectivity index (χ2v) is 18.3. The van der Waals surface area contributed by atoms with Crippen LogP contribution in [0.4, 0.5) is 0 Å². The van der Waals surface area contributed by atoms with Gasteiger partial charge in [-0.1, -0.05) is 44.8 Å². The molecule has 3 atom stereocenters. The fourth-order valence-electron chi connectivity index (χ4n) is 3.54. The first-order chi connectivity index (χ1) is 17.1. The smallest absolute Gasteiger partial charge is 0.396 e. The predicted octanol–water partition coefficient (Wildman–Crippen LogP) is 5.06. The summed E-state index contributed by atoms with van der Waals surface area (Å²) in [5, 5.41) is 9.45. The Bertz CT molecular complexity index is 595. The lowest BCUT2D eigenvalue weighted by molar-refractivity contribution is -0.0135. The topological polar surface area (TPSA) is 69.6 Å². The lowest BCUT2D eigenvalue weighted by Crippen LogP contribution is -2.52. The van der Waals surface area contributed by atoms with Gasteiger partial charge < -0.3 is 32.1 Å². The van der Waals surface area contributed by atoms with E-state index in [9.17, 15) is 5.11 Å². The summed E-state index contributed by atoms with van der Waals surface area (Å²) < 4.78 is 32.4. The number of hydrogen-bond acceptors (Lipinski definition) is 9. The van der Waals surface area contributed by atoms with Gasteiger partial charge in [0.1, 0.15) is 4.32 Å². The number of nitrogens with zero attached hydrogens (tertiary/aromatic N) is 1. The van der Waals surface area contributed by atoms with Crippen LogP contribution in [-0.2, 0) is 22.1 Å². The van der Waals surface area contributed by atoms with Crippen molar-refractivity contribution < 1.29 is 27.2 Å². The molecular formula is C24H51NO6S3Si2. The van der Waals surface area contributed by atoms with Crippen molar-refractivity contribution in [2.75, 3.05) is 64.2 Å². The van der Waals surface area contributed by atoms with Gasteiger partial charge in [-0.05, 0) is 45.0 Å². The molecule has 12 heteroatoms. The summed E-state index contributed by atoms with van der Waals surface area (Å²) in [6.45, 7) is 17.6. The van der Waals surface area contributed by atoms with Crippen LogP contribution in [-0.4, -0.2) is 95.9 Å². The first-order valence-electron chi connectivity index (χ1n) is 13.5. The molecule has 36 heavy (non-hydrogen) atoms. The van der Waals surface area contributed by atoms with Crippen LogP contribution >= 0.6 is 36.6 Å². The molecule has 3 unspecified atom stereocenters. The molecule has 0 bridgehead atoms. The highest BCUT2D eigenvalue weighted by atomic mass is 32.2. The maximum atomic E-state index is 9.45. The van der Waals surface area contributed by atoms with E-state index in [0.29, 0.717) is 39.0 Å². The second kappa shape index (κ2) is 19.0. The molecule has 1 aliphatic rings. The maximum absolute atomic E-state index is 9.45. The number of hydrogen-bond donors (Lipinski definition) is 2. The molecule has 1 aliphatic heterocycles. The molecule has 0 radical (unpaired) electrons. The van der Waals surface area contributed by atoms with Gasteiger partial charge in [0.05, 0.1) is 0 Å². The Hall–Kier alpha value is 0.784. The zero-order valence-corrected chi connectivity index (χ0v) is 27.9. The lowest BCUT2D eigenvalue weighted by atomic mass is 10.2. The Morgan fingerprint density at radius 3 is 2.31 bits per heavy atom. The van der Waals surface area contributed by atoms with E-state index < -0.39 is 17.4 Å². The number of thiol groups is 1. The van der Waals surface area contributed by atoms with Gasteiger partial charge in [-0.2, -0.15) is 12.6 Å². The van der Waals surface area contributed by atoms with E-state index in [0.717, 1.165) is 53.8 Å². The van der Waals surface area contributed by atoms with E-state index in [1.807, 2.05) is 6.92 Å². The Kier molecular flexibility index (Phi) is 18.3. The molecule has 1 saturated heterocycles. The molecule has 0 aliphatic carbocycles. The lowest BCUT2D eigenvalue weighted by Gasteiger charge is -2.36. The first-order valence-corrected chi connectivity index (χ1v) is 19.9. The summed E-state index contributed by atoms with van der Waals surface area (Å²) in [5.41, 5.74) is 0. The standard InChI is InChI=1S/C24H51NO6S3Si2/c1-7-25(8-2)24(33)34-12-10-13-35(6,27-16-21(3)15-26)28-17-22(4)18-29-36(14-9-11-32)30-19-23(5)20-31-36/h21-23,26,32H,7-20H2,1-6H3. The van der Waals surface area contributed by atoms with Crippen molar-refractivity contribution in [3.63, 3.8) is 0 Å². The van der Waals surface area contributed by atoms with Crippen molar-refractivity contribution in [2.45, 2.75) is 66.1 Å². The zero-order valence-electron chi connectivity index (χ0n) is 23.3.